The van der Waals surface area contributed by atoms with Gasteiger partial charge in [0.1, 0.15) is 0 Å². The summed E-state index contributed by atoms with van der Waals surface area (Å²) in [5.74, 6) is 0.927. The predicted octanol–water partition coefficient (Wildman–Crippen LogP) is 3.93. The van der Waals surface area contributed by atoms with Gasteiger partial charge in [0, 0.05) is 7.11 Å². The molecule has 0 saturated heterocycles. The average Bonchev–Trinajstić information content (AvgIpc) is 2.64. The van der Waals surface area contributed by atoms with Crippen molar-refractivity contribution in [2.75, 3.05) is 13.7 Å². The molecule has 0 aliphatic carbocycles. The van der Waals surface area contributed by atoms with Crippen LogP contribution in [0.4, 0.5) is 0 Å². The van der Waals surface area contributed by atoms with E-state index >= 15 is 0 Å². The highest BCUT2D eigenvalue weighted by Crippen LogP contribution is 2.30. The van der Waals surface area contributed by atoms with E-state index in [0.717, 1.165) is 24.1 Å². The van der Waals surface area contributed by atoms with Gasteiger partial charge in [-0.05, 0) is 35.8 Å². The van der Waals surface area contributed by atoms with Crippen LogP contribution in [0.1, 0.15) is 50.8 Å². The van der Waals surface area contributed by atoms with Crippen molar-refractivity contribution in [2.24, 2.45) is 0 Å². The lowest BCUT2D eigenvalue weighted by atomic mass is 10.1. The van der Waals surface area contributed by atoms with E-state index in [-0.39, 0.29) is 5.75 Å². The van der Waals surface area contributed by atoms with Crippen molar-refractivity contribution < 1.29 is 14.6 Å². The molecule has 6 heteroatoms. The third-order valence-electron chi connectivity index (χ3n) is 3.55. The van der Waals surface area contributed by atoms with Gasteiger partial charge in [0.25, 0.3) is 0 Å². The van der Waals surface area contributed by atoms with Crippen LogP contribution in [0.3, 0.4) is 0 Å². The third-order valence-corrected chi connectivity index (χ3v) is 3.55. The van der Waals surface area contributed by atoms with Crippen LogP contribution in [-0.2, 0) is 17.8 Å². The summed E-state index contributed by atoms with van der Waals surface area (Å²) < 4.78 is 10.5. The first-order valence-corrected chi connectivity index (χ1v) is 8.78. The lowest BCUT2D eigenvalue weighted by molar-refractivity contribution is 0.180. The molecule has 0 bridgehead atoms. The van der Waals surface area contributed by atoms with Crippen LogP contribution in [-0.4, -0.2) is 34.2 Å². The Labute approximate surface area is 150 Å². The lowest BCUT2D eigenvalue weighted by Crippen LogP contribution is -2.00. The maximum Gasteiger partial charge on any atom is 0.164 e. The quantitative estimate of drug-likeness (QED) is 0.693. The summed E-state index contributed by atoms with van der Waals surface area (Å²) in [6.45, 7) is 5.46. The second kappa shape index (κ2) is 13.1. The molecule has 0 amide bonds. The van der Waals surface area contributed by atoms with E-state index in [1.165, 1.54) is 19.3 Å². The zero-order chi connectivity index (χ0) is 18.3. The molecule has 1 N–H and O–H groups in total. The fourth-order valence-electron chi connectivity index (χ4n) is 2.21. The highest BCUT2D eigenvalue weighted by molar-refractivity contribution is 5.45. The van der Waals surface area contributed by atoms with Crippen LogP contribution >= 0.6 is 0 Å². The van der Waals surface area contributed by atoms with Crippen molar-refractivity contribution in [3.05, 3.63) is 41.7 Å². The fraction of sp³-hybridized carbons (Fsp3) is 0.526. The van der Waals surface area contributed by atoms with Gasteiger partial charge < -0.3 is 14.6 Å². The van der Waals surface area contributed by atoms with Crippen LogP contribution < -0.4 is 4.74 Å². The number of methoxy groups -OCH3 is 1. The number of nitrogens with zero attached hydrogens (tertiary/aromatic N) is 3. The number of aromatic nitrogens is 3. The molecule has 0 radical (unpaired) electrons. The van der Waals surface area contributed by atoms with E-state index in [1.54, 1.807) is 25.4 Å². The summed E-state index contributed by atoms with van der Waals surface area (Å²) in [7, 11) is 1.61. The molecular weight excluding hydrogens is 318 g/mol. The van der Waals surface area contributed by atoms with Crippen molar-refractivity contribution >= 4 is 0 Å². The largest absolute Gasteiger partial charge is 0.504 e. The van der Waals surface area contributed by atoms with Crippen LogP contribution in [0.5, 0.6) is 11.5 Å². The molecule has 0 fully saturated rings. The summed E-state index contributed by atoms with van der Waals surface area (Å²) in [6, 6.07) is 7.30. The highest BCUT2D eigenvalue weighted by atomic mass is 16.5. The number of hydrogen-bond donors (Lipinski definition) is 1. The second-order valence-corrected chi connectivity index (χ2v) is 5.57. The lowest BCUT2D eigenvalue weighted by Gasteiger charge is -2.11. The Morgan fingerprint density at radius 3 is 2.56 bits per heavy atom. The minimum absolute atomic E-state index is 0.259. The standard InChI is InChI=1S/C14H22O2.C5H7N3O/c1-3-5-6-7-11-16-14-12(4-2)9-8-10-13(14)15;1-9-4-5-2-3-6-8-7-5/h8-10,15H,3-7,11H2,1-2H3;2-3H,4H2,1H3. The number of aryl methyl sites for hydroxylation is 1. The van der Waals surface area contributed by atoms with Gasteiger partial charge in [-0.2, -0.15) is 0 Å². The van der Waals surface area contributed by atoms with Crippen molar-refractivity contribution in [2.45, 2.75) is 52.6 Å². The van der Waals surface area contributed by atoms with E-state index in [1.807, 2.05) is 12.1 Å². The SMILES string of the molecule is CCCCCCOc1c(O)cccc1CC.COCc1ccnnn1. The van der Waals surface area contributed by atoms with Gasteiger partial charge in [-0.15, -0.1) is 10.2 Å². The molecule has 0 atom stereocenters. The molecule has 1 heterocycles. The molecule has 2 rings (SSSR count). The first-order chi connectivity index (χ1) is 12.2. The molecule has 2 aromatic rings. The number of benzene rings is 1. The van der Waals surface area contributed by atoms with Gasteiger partial charge >= 0.3 is 0 Å². The Morgan fingerprint density at radius 2 is 1.92 bits per heavy atom. The van der Waals surface area contributed by atoms with Crippen LogP contribution in [0.15, 0.2) is 30.5 Å². The summed E-state index contributed by atoms with van der Waals surface area (Å²) >= 11 is 0. The Balaban J connectivity index is 0.000000293. The number of hydrogen-bond acceptors (Lipinski definition) is 6. The van der Waals surface area contributed by atoms with Gasteiger partial charge in [-0.3, -0.25) is 0 Å². The number of phenols is 1. The highest BCUT2D eigenvalue weighted by Gasteiger charge is 2.06. The van der Waals surface area contributed by atoms with Gasteiger partial charge in [0.2, 0.25) is 0 Å². The molecule has 0 aliphatic heterocycles. The zero-order valence-corrected chi connectivity index (χ0v) is 15.4. The number of rotatable bonds is 9. The molecule has 1 aromatic carbocycles. The van der Waals surface area contributed by atoms with Crippen LogP contribution in [0.25, 0.3) is 0 Å². The first kappa shape index (κ1) is 20.8. The molecule has 138 valence electrons. The number of unbranched alkanes of at least 4 members (excludes halogenated alkanes) is 3. The molecule has 0 unspecified atom stereocenters. The van der Waals surface area contributed by atoms with E-state index in [9.17, 15) is 5.11 Å². The van der Waals surface area contributed by atoms with Crippen molar-refractivity contribution in [3.8, 4) is 11.5 Å². The first-order valence-electron chi connectivity index (χ1n) is 8.78. The molecule has 0 aliphatic rings. The predicted molar refractivity (Wildman–Crippen MR) is 97.7 cm³/mol. The number of aromatic hydroxyl groups is 1. The molecule has 1 aromatic heterocycles. The van der Waals surface area contributed by atoms with Gasteiger partial charge in [-0.1, -0.05) is 45.2 Å². The normalized spacial score (nSPS) is 10.0. The molecule has 6 nitrogen and oxygen atoms in total. The van der Waals surface area contributed by atoms with Crippen LogP contribution in [0, 0.1) is 0 Å². The Kier molecular flexibility index (Phi) is 10.9. The Hall–Kier alpha value is -2.21. The van der Waals surface area contributed by atoms with Gasteiger partial charge in [0.15, 0.2) is 11.5 Å². The zero-order valence-electron chi connectivity index (χ0n) is 15.4. The molecule has 0 spiro atoms. The van der Waals surface area contributed by atoms with Crippen molar-refractivity contribution in [1.82, 2.24) is 15.4 Å². The second-order valence-electron chi connectivity index (χ2n) is 5.57. The van der Waals surface area contributed by atoms with E-state index in [0.29, 0.717) is 19.0 Å². The monoisotopic (exact) mass is 347 g/mol. The van der Waals surface area contributed by atoms with Crippen LogP contribution in [0.2, 0.25) is 0 Å². The van der Waals surface area contributed by atoms with E-state index < -0.39 is 0 Å². The van der Waals surface area contributed by atoms with Gasteiger partial charge in [0.05, 0.1) is 25.1 Å². The number of phenolic OH excluding ortho intramolecular Hbond substituents is 1. The summed E-state index contributed by atoms with van der Waals surface area (Å²) in [6.07, 6.45) is 7.22. The summed E-state index contributed by atoms with van der Waals surface area (Å²) in [4.78, 5) is 0. The number of para-hydroxylation sites is 1. The minimum Gasteiger partial charge on any atom is -0.504 e. The Morgan fingerprint density at radius 1 is 1.08 bits per heavy atom. The summed E-state index contributed by atoms with van der Waals surface area (Å²) in [5.41, 5.74) is 1.88. The maximum absolute atomic E-state index is 9.70. The average molecular weight is 347 g/mol. The van der Waals surface area contributed by atoms with Crippen molar-refractivity contribution in [3.63, 3.8) is 0 Å². The van der Waals surface area contributed by atoms with E-state index in [2.05, 4.69) is 29.3 Å². The molecular formula is C19H29N3O3. The topological polar surface area (TPSA) is 77.4 Å². The Bertz CT molecular complexity index is 579. The van der Waals surface area contributed by atoms with Crippen molar-refractivity contribution in [1.29, 1.82) is 0 Å². The fourth-order valence-corrected chi connectivity index (χ4v) is 2.21. The molecule has 0 saturated carbocycles. The third kappa shape index (κ3) is 8.44. The maximum atomic E-state index is 9.70. The smallest absolute Gasteiger partial charge is 0.164 e. The van der Waals surface area contributed by atoms with E-state index in [4.69, 9.17) is 9.47 Å². The number of ether oxygens (including phenoxy) is 2. The minimum atomic E-state index is 0.259. The summed E-state index contributed by atoms with van der Waals surface area (Å²) in [5, 5.41) is 20.3. The van der Waals surface area contributed by atoms with Gasteiger partial charge in [-0.25, -0.2) is 0 Å². The molecule has 25 heavy (non-hydrogen) atoms.